The minimum Gasteiger partial charge on any atom is -0.480 e. The number of aliphatic carboxylic acids is 1. The third-order valence-corrected chi connectivity index (χ3v) is 3.84. The quantitative estimate of drug-likeness (QED) is 0.445. The zero-order valence-electron chi connectivity index (χ0n) is 10.9. The molecule has 0 unspecified atom stereocenters. The Morgan fingerprint density at radius 3 is 2.65 bits per heavy atom. The fourth-order valence-electron chi connectivity index (χ4n) is 1.49. The number of methoxy groups -OCH3 is 1. The van der Waals surface area contributed by atoms with Crippen LogP contribution in [0.2, 0.25) is 0 Å². The van der Waals surface area contributed by atoms with E-state index in [2.05, 4.69) is 4.72 Å². The van der Waals surface area contributed by atoms with Gasteiger partial charge in [0, 0.05) is 13.7 Å². The van der Waals surface area contributed by atoms with Crippen LogP contribution in [0.5, 0.6) is 0 Å². The molecule has 0 spiro atoms. The summed E-state index contributed by atoms with van der Waals surface area (Å²) in [7, 11) is -2.59. The van der Waals surface area contributed by atoms with E-state index in [1.165, 1.54) is 19.2 Å². The lowest BCUT2D eigenvalue weighted by Gasteiger charge is -2.24. The number of ether oxygens (including phenoxy) is 1. The Morgan fingerprint density at radius 1 is 1.45 bits per heavy atom. The van der Waals surface area contributed by atoms with Crippen LogP contribution in [0.1, 0.15) is 0 Å². The van der Waals surface area contributed by atoms with Crippen LogP contribution in [0.25, 0.3) is 0 Å². The Hall–Kier alpha value is -1.84. The molecule has 4 N–H and O–H groups in total. The number of nitrogens with two attached hydrogens (primary N) is 1. The van der Waals surface area contributed by atoms with E-state index >= 15 is 0 Å². The van der Waals surface area contributed by atoms with E-state index in [-0.39, 0.29) is 24.5 Å². The Morgan fingerprint density at radius 2 is 2.10 bits per heavy atom. The van der Waals surface area contributed by atoms with Gasteiger partial charge in [-0.3, -0.25) is 4.79 Å². The van der Waals surface area contributed by atoms with Crippen molar-refractivity contribution in [2.24, 2.45) is 0 Å². The van der Waals surface area contributed by atoms with E-state index < -0.39 is 22.7 Å². The van der Waals surface area contributed by atoms with Crippen molar-refractivity contribution < 1.29 is 23.1 Å². The van der Waals surface area contributed by atoms with Gasteiger partial charge in [0.15, 0.2) is 0 Å². The van der Waals surface area contributed by atoms with Gasteiger partial charge in [-0.1, -0.05) is 12.1 Å². The van der Waals surface area contributed by atoms with Crippen molar-refractivity contribution in [1.82, 2.24) is 4.72 Å². The molecule has 1 aromatic rings. The van der Waals surface area contributed by atoms with E-state index in [0.717, 1.165) is 0 Å². The Bertz CT molecular complexity index is 561. The number of carbonyl (C=O) groups is 1. The summed E-state index contributed by atoms with van der Waals surface area (Å²) < 4.78 is 32.0. The average Bonchev–Trinajstić information content (AvgIpc) is 2.37. The first-order valence-electron chi connectivity index (χ1n) is 5.71. The van der Waals surface area contributed by atoms with E-state index in [0.29, 0.717) is 4.31 Å². The first-order chi connectivity index (χ1) is 9.38. The van der Waals surface area contributed by atoms with Crippen molar-refractivity contribution in [3.63, 3.8) is 0 Å². The summed E-state index contributed by atoms with van der Waals surface area (Å²) in [6, 6.07) is 6.14. The van der Waals surface area contributed by atoms with Gasteiger partial charge in [-0.2, -0.15) is 13.1 Å². The molecule has 0 bridgehead atoms. The number of rotatable bonds is 8. The van der Waals surface area contributed by atoms with E-state index in [9.17, 15) is 13.2 Å². The van der Waals surface area contributed by atoms with Crippen LogP contribution in [0.3, 0.4) is 0 Å². The third kappa shape index (κ3) is 4.37. The second-order valence-electron chi connectivity index (χ2n) is 3.85. The molecule has 0 saturated carbocycles. The number of nitrogen functional groups attached to an aromatic ring is 1. The lowest BCUT2D eigenvalue weighted by molar-refractivity contribution is -0.135. The summed E-state index contributed by atoms with van der Waals surface area (Å²) in [5, 5.41) is 8.87. The van der Waals surface area contributed by atoms with Crippen LogP contribution in [0, 0.1) is 0 Å². The lowest BCUT2D eigenvalue weighted by Crippen LogP contribution is -2.44. The normalized spacial score (nSPS) is 11.2. The highest BCUT2D eigenvalue weighted by Crippen LogP contribution is 2.24. The van der Waals surface area contributed by atoms with Crippen LogP contribution in [0.15, 0.2) is 24.3 Å². The number of nitrogens with one attached hydrogen (secondary N) is 1. The van der Waals surface area contributed by atoms with Crippen molar-refractivity contribution in [2.75, 3.05) is 36.8 Å². The molecule has 0 heterocycles. The molecule has 0 aliphatic carbocycles. The number of nitrogens with zero attached hydrogens (tertiary/aromatic N) is 1. The summed E-state index contributed by atoms with van der Waals surface area (Å²) in [6.07, 6.45) is 0. The molecule has 1 aromatic carbocycles. The third-order valence-electron chi connectivity index (χ3n) is 2.37. The van der Waals surface area contributed by atoms with Crippen molar-refractivity contribution >= 4 is 27.6 Å². The number of hydrogen-bond acceptors (Lipinski definition) is 5. The number of anilines is 2. The Kier molecular flexibility index (Phi) is 5.74. The zero-order chi connectivity index (χ0) is 15.2. The van der Waals surface area contributed by atoms with Gasteiger partial charge in [0.2, 0.25) is 0 Å². The smallest absolute Gasteiger partial charge is 0.324 e. The molecule has 0 atom stereocenters. The van der Waals surface area contributed by atoms with Gasteiger partial charge in [-0.25, -0.2) is 4.31 Å². The predicted octanol–water partition coefficient (Wildman–Crippen LogP) is -0.359. The zero-order valence-corrected chi connectivity index (χ0v) is 11.8. The summed E-state index contributed by atoms with van der Waals surface area (Å²) in [6.45, 7) is -0.525. The second kappa shape index (κ2) is 7.08. The van der Waals surface area contributed by atoms with E-state index in [1.54, 1.807) is 12.1 Å². The molecule has 9 heteroatoms. The molecule has 0 amide bonds. The first kappa shape index (κ1) is 16.2. The molecule has 1 rings (SSSR count). The summed E-state index contributed by atoms with van der Waals surface area (Å²) >= 11 is 0. The van der Waals surface area contributed by atoms with Crippen LogP contribution < -0.4 is 14.8 Å². The molecule has 0 aliphatic rings. The number of para-hydroxylation sites is 2. The number of carboxylic acid groups (broad SMARTS) is 1. The number of benzene rings is 1. The second-order valence-corrected chi connectivity index (χ2v) is 5.53. The van der Waals surface area contributed by atoms with Gasteiger partial charge >= 0.3 is 16.2 Å². The van der Waals surface area contributed by atoms with Crippen LogP contribution in [-0.2, 0) is 19.7 Å². The van der Waals surface area contributed by atoms with Gasteiger partial charge in [0.25, 0.3) is 0 Å². The molecule has 8 nitrogen and oxygen atoms in total. The lowest BCUT2D eigenvalue weighted by atomic mass is 10.3. The standard InChI is InChI=1S/C11H17N3O5S/c1-19-7-6-13-20(17,18)14(8-11(15)16)10-5-3-2-4-9(10)12/h2-5,13H,6-8,12H2,1H3,(H,15,16). The fourth-order valence-corrected chi connectivity index (χ4v) is 2.69. The first-order valence-corrected chi connectivity index (χ1v) is 7.15. The number of hydrogen-bond donors (Lipinski definition) is 3. The largest absolute Gasteiger partial charge is 0.480 e. The van der Waals surface area contributed by atoms with Gasteiger partial charge < -0.3 is 15.6 Å². The Labute approximate surface area is 117 Å². The molecule has 0 aliphatic heterocycles. The van der Waals surface area contributed by atoms with E-state index in [1.807, 2.05) is 0 Å². The minimum absolute atomic E-state index is 0.0295. The topological polar surface area (TPSA) is 122 Å². The molecule has 20 heavy (non-hydrogen) atoms. The molecule has 0 fully saturated rings. The predicted molar refractivity (Wildman–Crippen MR) is 74.6 cm³/mol. The summed E-state index contributed by atoms with van der Waals surface area (Å²) in [5.41, 5.74) is 5.98. The van der Waals surface area contributed by atoms with Gasteiger partial charge in [0.1, 0.15) is 6.54 Å². The maximum Gasteiger partial charge on any atom is 0.324 e. The minimum atomic E-state index is -4.02. The van der Waals surface area contributed by atoms with Gasteiger partial charge in [-0.15, -0.1) is 0 Å². The van der Waals surface area contributed by atoms with Crippen molar-refractivity contribution in [2.45, 2.75) is 0 Å². The maximum atomic E-state index is 12.1. The number of carboxylic acids is 1. The van der Waals surface area contributed by atoms with Crippen molar-refractivity contribution in [3.8, 4) is 0 Å². The monoisotopic (exact) mass is 303 g/mol. The average molecular weight is 303 g/mol. The summed E-state index contributed by atoms with van der Waals surface area (Å²) in [4.78, 5) is 10.9. The molecular weight excluding hydrogens is 286 g/mol. The fraction of sp³-hybridized carbons (Fsp3) is 0.364. The SMILES string of the molecule is COCCNS(=O)(=O)N(CC(=O)O)c1ccccc1N. The molecule has 0 saturated heterocycles. The molecule has 112 valence electrons. The molecule has 0 radical (unpaired) electrons. The Balaban J connectivity index is 3.06. The van der Waals surface area contributed by atoms with Crippen LogP contribution >= 0.6 is 0 Å². The highest BCUT2D eigenvalue weighted by molar-refractivity contribution is 7.90. The van der Waals surface area contributed by atoms with Crippen LogP contribution in [-0.4, -0.2) is 46.3 Å². The molecular formula is C11H17N3O5S. The van der Waals surface area contributed by atoms with Crippen molar-refractivity contribution in [1.29, 1.82) is 0 Å². The van der Waals surface area contributed by atoms with Gasteiger partial charge in [0.05, 0.1) is 18.0 Å². The highest BCUT2D eigenvalue weighted by atomic mass is 32.2. The van der Waals surface area contributed by atoms with E-state index in [4.69, 9.17) is 15.6 Å². The summed E-state index contributed by atoms with van der Waals surface area (Å²) in [5.74, 6) is -1.29. The van der Waals surface area contributed by atoms with Crippen molar-refractivity contribution in [3.05, 3.63) is 24.3 Å². The highest BCUT2D eigenvalue weighted by Gasteiger charge is 2.25. The van der Waals surface area contributed by atoms with Crippen LogP contribution in [0.4, 0.5) is 11.4 Å². The maximum absolute atomic E-state index is 12.1. The molecule has 0 aromatic heterocycles. The van der Waals surface area contributed by atoms with Gasteiger partial charge in [-0.05, 0) is 12.1 Å².